The van der Waals surface area contributed by atoms with E-state index in [1.807, 2.05) is 0 Å². The molecule has 1 heterocycles. The van der Waals surface area contributed by atoms with Crippen LogP contribution in [0.15, 0.2) is 17.1 Å². The van der Waals surface area contributed by atoms with E-state index in [1.54, 1.807) is 0 Å². The van der Waals surface area contributed by atoms with Crippen LogP contribution in [-0.2, 0) is 0 Å². The maximum atomic E-state index is 10.2. The van der Waals surface area contributed by atoms with Crippen LogP contribution >= 0.6 is 0 Å². The number of nitrogens with zero attached hydrogens (tertiary/aromatic N) is 1. The number of anilines is 1. The highest BCUT2D eigenvalue weighted by Crippen LogP contribution is 1.82. The summed E-state index contributed by atoms with van der Waals surface area (Å²) in [6.07, 6.45) is 1.36. The number of aromatic amines is 1. The molecule has 9 heavy (non-hydrogen) atoms. The summed E-state index contributed by atoms with van der Waals surface area (Å²) in [5.41, 5.74) is 4.75. The first-order valence-corrected chi connectivity index (χ1v) is 2.10. The average molecular weight is 131 g/mol. The predicted molar refractivity (Wildman–Crippen MR) is 31.8 cm³/mol. The molecule has 1 aromatic heterocycles. The summed E-state index contributed by atoms with van der Waals surface area (Å²) in [5, 5.41) is 0. The first-order valence-electron chi connectivity index (χ1n) is 2.10. The van der Waals surface area contributed by atoms with Gasteiger partial charge in [0.1, 0.15) is 5.82 Å². The van der Waals surface area contributed by atoms with Gasteiger partial charge in [-0.1, -0.05) is 0 Å². The summed E-state index contributed by atoms with van der Waals surface area (Å²) in [6.45, 7) is 0. The van der Waals surface area contributed by atoms with E-state index >= 15 is 0 Å². The van der Waals surface area contributed by atoms with Crippen molar-refractivity contribution in [2.24, 2.45) is 0 Å². The van der Waals surface area contributed by atoms with Gasteiger partial charge in [-0.25, -0.2) is 9.78 Å². The highest BCUT2D eigenvalue weighted by molar-refractivity contribution is 5.22. The van der Waals surface area contributed by atoms with E-state index in [0.717, 1.165) is 0 Å². The molecule has 3 N–H and O–H groups in total. The Morgan fingerprint density at radius 2 is 2.33 bits per heavy atom. The van der Waals surface area contributed by atoms with Crippen molar-refractivity contribution < 1.29 is 4.70 Å². The molecule has 0 saturated heterocycles. The molecule has 0 saturated carbocycles. The van der Waals surface area contributed by atoms with Crippen LogP contribution in [0.4, 0.5) is 10.5 Å². The molecule has 0 atom stereocenters. The first kappa shape index (κ1) is 7.61. The molecule has 0 aliphatic rings. The van der Waals surface area contributed by atoms with Crippen LogP contribution in [0.25, 0.3) is 0 Å². The minimum Gasteiger partial charge on any atom is -0.385 e. The number of rotatable bonds is 0. The molecule has 0 amide bonds. The number of hydrogen-bond donors (Lipinski definition) is 2. The summed E-state index contributed by atoms with van der Waals surface area (Å²) in [5.74, 6) is 0.338. The topological polar surface area (TPSA) is 71.8 Å². The van der Waals surface area contributed by atoms with Crippen LogP contribution < -0.4 is 11.4 Å². The Balaban J connectivity index is 0.000000640. The van der Waals surface area contributed by atoms with E-state index in [2.05, 4.69) is 9.97 Å². The van der Waals surface area contributed by atoms with Crippen LogP contribution in [0, 0.1) is 0 Å². The van der Waals surface area contributed by atoms with Crippen LogP contribution in [0.3, 0.4) is 0 Å². The third-order valence-corrected chi connectivity index (χ3v) is 0.697. The van der Waals surface area contributed by atoms with E-state index < -0.39 is 5.69 Å². The van der Waals surface area contributed by atoms with E-state index in [0.29, 0.717) is 5.82 Å². The predicted octanol–water partition coefficient (Wildman–Crippen LogP) is -0.495. The van der Waals surface area contributed by atoms with Gasteiger partial charge in [-0.2, -0.15) is 0 Å². The van der Waals surface area contributed by atoms with E-state index in [4.69, 9.17) is 5.73 Å². The smallest absolute Gasteiger partial charge is 0.346 e. The molecule has 50 valence electrons. The number of hydrogen-bond acceptors (Lipinski definition) is 3. The third-order valence-electron chi connectivity index (χ3n) is 0.697. The Labute approximate surface area is 50.1 Å². The largest absolute Gasteiger partial charge is 0.385 e. The second kappa shape index (κ2) is 2.81. The van der Waals surface area contributed by atoms with Crippen LogP contribution in [-0.4, -0.2) is 9.97 Å². The fourth-order valence-electron chi connectivity index (χ4n) is 0.383. The van der Waals surface area contributed by atoms with Gasteiger partial charge in [-0.15, -0.1) is 0 Å². The lowest BCUT2D eigenvalue weighted by atomic mass is 10.6. The van der Waals surface area contributed by atoms with Crippen molar-refractivity contribution in [1.29, 1.82) is 0 Å². The van der Waals surface area contributed by atoms with Gasteiger partial charge in [-0.05, 0) is 6.07 Å². The number of nitrogen functional groups attached to an aromatic ring is 1. The van der Waals surface area contributed by atoms with Crippen LogP contribution in [0.2, 0.25) is 0 Å². The molecule has 0 aromatic carbocycles. The standard InChI is InChI=1S/C4H5N3O.FH/c5-3-1-2-6-4(8)7-3;/h1-2H,(H3,5,6,7,8);1H. The van der Waals surface area contributed by atoms with Crippen molar-refractivity contribution in [1.82, 2.24) is 9.97 Å². The highest BCUT2D eigenvalue weighted by Gasteiger charge is 1.80. The van der Waals surface area contributed by atoms with E-state index in [9.17, 15) is 4.79 Å². The van der Waals surface area contributed by atoms with Gasteiger partial charge < -0.3 is 5.73 Å². The maximum Gasteiger partial charge on any atom is 0.346 e. The number of halogens is 1. The monoisotopic (exact) mass is 131 g/mol. The van der Waals surface area contributed by atoms with E-state index in [-0.39, 0.29) is 4.70 Å². The number of nitrogens with one attached hydrogen (secondary N) is 1. The van der Waals surface area contributed by atoms with Crippen molar-refractivity contribution in [3.63, 3.8) is 0 Å². The molecule has 0 aliphatic heterocycles. The Hall–Kier alpha value is -1.39. The van der Waals surface area contributed by atoms with Crippen LogP contribution in [0.5, 0.6) is 0 Å². The second-order valence-electron chi connectivity index (χ2n) is 1.33. The Morgan fingerprint density at radius 3 is 2.67 bits per heavy atom. The highest BCUT2D eigenvalue weighted by atomic mass is 19.0. The minimum absolute atomic E-state index is 0. The number of H-pyrrole nitrogens is 1. The molecule has 0 aliphatic carbocycles. The normalized spacial score (nSPS) is 8.00. The molecular weight excluding hydrogens is 125 g/mol. The summed E-state index contributed by atoms with van der Waals surface area (Å²) < 4.78 is 0. The van der Waals surface area contributed by atoms with Gasteiger partial charge in [0.2, 0.25) is 0 Å². The van der Waals surface area contributed by atoms with Crippen molar-refractivity contribution >= 4 is 5.82 Å². The van der Waals surface area contributed by atoms with E-state index in [1.165, 1.54) is 12.3 Å². The lowest BCUT2D eigenvalue weighted by Crippen LogP contribution is -2.10. The van der Waals surface area contributed by atoms with Crippen molar-refractivity contribution in [2.45, 2.75) is 0 Å². The third kappa shape index (κ3) is 1.89. The Kier molecular flexibility index (Phi) is 2.37. The van der Waals surface area contributed by atoms with Gasteiger partial charge >= 0.3 is 5.69 Å². The zero-order valence-electron chi connectivity index (χ0n) is 4.50. The molecule has 1 aromatic rings. The molecule has 0 unspecified atom stereocenters. The lowest BCUT2D eigenvalue weighted by molar-refractivity contribution is 1.08. The summed E-state index contributed by atoms with van der Waals surface area (Å²) in [6, 6.07) is 1.52. The fourth-order valence-corrected chi connectivity index (χ4v) is 0.383. The summed E-state index contributed by atoms with van der Waals surface area (Å²) in [7, 11) is 0. The molecular formula is C4H6FN3O. The summed E-state index contributed by atoms with van der Waals surface area (Å²) in [4.78, 5) is 15.9. The quantitative estimate of drug-likeness (QED) is 0.498. The lowest BCUT2D eigenvalue weighted by Gasteiger charge is -1.84. The molecule has 4 nitrogen and oxygen atoms in total. The van der Waals surface area contributed by atoms with Crippen LogP contribution in [0.1, 0.15) is 0 Å². The number of nitrogens with two attached hydrogens (primary N) is 1. The molecule has 0 bridgehead atoms. The molecule has 5 heteroatoms. The van der Waals surface area contributed by atoms with Gasteiger partial charge in [0, 0.05) is 6.20 Å². The van der Waals surface area contributed by atoms with Crippen molar-refractivity contribution in [3.8, 4) is 0 Å². The molecule has 0 fully saturated rings. The zero-order valence-corrected chi connectivity index (χ0v) is 4.50. The van der Waals surface area contributed by atoms with Gasteiger partial charge in [0.25, 0.3) is 0 Å². The first-order chi connectivity index (χ1) is 3.79. The molecule has 0 spiro atoms. The Bertz CT molecular complexity index is 233. The van der Waals surface area contributed by atoms with Gasteiger partial charge in [-0.3, -0.25) is 9.69 Å². The number of aromatic nitrogens is 2. The van der Waals surface area contributed by atoms with Gasteiger partial charge in [0.05, 0.1) is 0 Å². The second-order valence-corrected chi connectivity index (χ2v) is 1.33. The Morgan fingerprint density at radius 1 is 1.67 bits per heavy atom. The van der Waals surface area contributed by atoms with Crippen molar-refractivity contribution in [3.05, 3.63) is 22.7 Å². The summed E-state index contributed by atoms with van der Waals surface area (Å²) >= 11 is 0. The maximum absolute atomic E-state index is 10.2. The SMILES string of the molecule is F.Nc1ccnc(=O)[nH]1. The minimum atomic E-state index is -0.412. The fraction of sp³-hybridized carbons (Fsp3) is 0. The molecule has 1 rings (SSSR count). The van der Waals surface area contributed by atoms with Gasteiger partial charge in [0.15, 0.2) is 0 Å². The van der Waals surface area contributed by atoms with Crippen molar-refractivity contribution in [2.75, 3.05) is 5.73 Å². The average Bonchev–Trinajstić information content (AvgIpc) is 1.64. The zero-order chi connectivity index (χ0) is 5.98. The molecule has 0 radical (unpaired) electrons.